The molecule has 176 valence electrons. The number of rotatable bonds is 6. The lowest BCUT2D eigenvalue weighted by molar-refractivity contribution is 0.0942. The first-order valence-corrected chi connectivity index (χ1v) is 10.9. The van der Waals surface area contributed by atoms with E-state index in [1.165, 1.54) is 17.1 Å². The highest BCUT2D eigenvalue weighted by Gasteiger charge is 2.22. The number of fused-ring (bicyclic) bond motifs is 1. The van der Waals surface area contributed by atoms with E-state index in [1.54, 1.807) is 35.7 Å². The Morgan fingerprint density at radius 3 is 2.49 bits per heavy atom. The largest absolute Gasteiger partial charge is 0.346 e. The first-order valence-electron chi connectivity index (χ1n) is 10.9. The SMILES string of the molecule is Cc1ccc(-c2ccnc3c(C(=O)Nc4cnn(C)c4C(=O)NCc4cnn(C)c4)cnn23)cc1. The minimum absolute atomic E-state index is 0.229. The van der Waals surface area contributed by atoms with Crippen molar-refractivity contribution in [2.24, 2.45) is 14.1 Å². The summed E-state index contributed by atoms with van der Waals surface area (Å²) in [6.45, 7) is 2.32. The number of amides is 2. The number of hydrogen-bond acceptors (Lipinski definition) is 6. The second-order valence-electron chi connectivity index (χ2n) is 8.18. The van der Waals surface area contributed by atoms with Gasteiger partial charge in [0, 0.05) is 44.2 Å². The van der Waals surface area contributed by atoms with E-state index in [0.29, 0.717) is 12.2 Å². The third kappa shape index (κ3) is 4.26. The molecule has 0 bridgehead atoms. The average molecular weight is 470 g/mol. The zero-order chi connectivity index (χ0) is 24.5. The Hall–Kier alpha value is -4.80. The van der Waals surface area contributed by atoms with Crippen LogP contribution in [0.5, 0.6) is 0 Å². The van der Waals surface area contributed by atoms with E-state index >= 15 is 0 Å². The predicted octanol–water partition coefficient (Wildman–Crippen LogP) is 2.35. The molecular weight excluding hydrogens is 446 g/mol. The van der Waals surface area contributed by atoms with Gasteiger partial charge in [0.05, 0.1) is 30.0 Å². The zero-order valence-electron chi connectivity index (χ0n) is 19.4. The normalized spacial score (nSPS) is 11.1. The Morgan fingerprint density at radius 2 is 1.74 bits per heavy atom. The molecule has 35 heavy (non-hydrogen) atoms. The third-order valence-corrected chi connectivity index (χ3v) is 5.61. The monoisotopic (exact) mass is 469 g/mol. The molecule has 2 amide bonds. The molecule has 4 aromatic heterocycles. The van der Waals surface area contributed by atoms with Gasteiger partial charge in [-0.3, -0.25) is 19.0 Å². The Morgan fingerprint density at radius 1 is 0.943 bits per heavy atom. The fourth-order valence-corrected chi connectivity index (χ4v) is 3.81. The molecule has 11 nitrogen and oxygen atoms in total. The molecule has 0 saturated carbocycles. The number of anilines is 1. The lowest BCUT2D eigenvalue weighted by Crippen LogP contribution is -2.26. The zero-order valence-corrected chi connectivity index (χ0v) is 19.4. The topological polar surface area (TPSA) is 124 Å². The maximum absolute atomic E-state index is 13.2. The molecule has 0 unspecified atom stereocenters. The fourth-order valence-electron chi connectivity index (χ4n) is 3.81. The van der Waals surface area contributed by atoms with E-state index in [-0.39, 0.29) is 22.9 Å². The summed E-state index contributed by atoms with van der Waals surface area (Å²) >= 11 is 0. The Bertz CT molecular complexity index is 1540. The summed E-state index contributed by atoms with van der Waals surface area (Å²) in [6, 6.07) is 9.87. The minimum atomic E-state index is -0.442. The molecule has 0 aliphatic carbocycles. The van der Waals surface area contributed by atoms with E-state index in [2.05, 4.69) is 30.9 Å². The molecule has 0 radical (unpaired) electrons. The van der Waals surface area contributed by atoms with Gasteiger partial charge < -0.3 is 10.6 Å². The molecule has 5 rings (SSSR count). The number of hydrogen-bond donors (Lipinski definition) is 2. The van der Waals surface area contributed by atoms with Gasteiger partial charge in [-0.05, 0) is 13.0 Å². The quantitative estimate of drug-likeness (QED) is 0.393. The molecule has 0 atom stereocenters. The first kappa shape index (κ1) is 22.0. The second kappa shape index (κ2) is 8.86. The van der Waals surface area contributed by atoms with E-state index < -0.39 is 5.91 Å². The van der Waals surface area contributed by atoms with Crippen molar-refractivity contribution in [3.05, 3.63) is 83.7 Å². The van der Waals surface area contributed by atoms with E-state index in [1.807, 2.05) is 43.5 Å². The van der Waals surface area contributed by atoms with Crippen LogP contribution in [-0.4, -0.2) is 46.0 Å². The number of nitrogens with one attached hydrogen (secondary N) is 2. The lowest BCUT2D eigenvalue weighted by atomic mass is 10.1. The summed E-state index contributed by atoms with van der Waals surface area (Å²) in [4.78, 5) is 30.4. The highest BCUT2D eigenvalue weighted by molar-refractivity contribution is 6.11. The number of aryl methyl sites for hydroxylation is 3. The van der Waals surface area contributed by atoms with Crippen LogP contribution in [0.2, 0.25) is 0 Å². The molecule has 0 saturated heterocycles. The highest BCUT2D eigenvalue weighted by atomic mass is 16.2. The Labute approximate surface area is 200 Å². The molecular formula is C24H23N9O2. The van der Waals surface area contributed by atoms with E-state index in [9.17, 15) is 9.59 Å². The number of benzene rings is 1. The summed E-state index contributed by atoms with van der Waals surface area (Å²) in [5, 5.41) is 18.2. The molecule has 11 heteroatoms. The van der Waals surface area contributed by atoms with Crippen molar-refractivity contribution in [1.82, 2.24) is 39.5 Å². The number of carbonyl (C=O) groups is 2. The fraction of sp³-hybridized carbons (Fsp3) is 0.167. The van der Waals surface area contributed by atoms with Crippen molar-refractivity contribution >= 4 is 23.1 Å². The van der Waals surface area contributed by atoms with Gasteiger partial charge in [0.2, 0.25) is 0 Å². The van der Waals surface area contributed by atoms with Crippen LogP contribution in [-0.2, 0) is 20.6 Å². The molecule has 4 heterocycles. The molecule has 0 spiro atoms. The van der Waals surface area contributed by atoms with Gasteiger partial charge in [-0.15, -0.1) is 0 Å². The number of nitrogens with zero attached hydrogens (tertiary/aromatic N) is 7. The van der Waals surface area contributed by atoms with Crippen LogP contribution in [0.3, 0.4) is 0 Å². The third-order valence-electron chi connectivity index (χ3n) is 5.61. The van der Waals surface area contributed by atoms with Gasteiger partial charge in [-0.1, -0.05) is 29.8 Å². The van der Waals surface area contributed by atoms with Crippen LogP contribution in [0, 0.1) is 6.92 Å². The van der Waals surface area contributed by atoms with Gasteiger partial charge in [0.15, 0.2) is 5.65 Å². The molecule has 5 aromatic rings. The van der Waals surface area contributed by atoms with Gasteiger partial charge in [0.1, 0.15) is 11.3 Å². The average Bonchev–Trinajstić information content (AvgIpc) is 3.56. The second-order valence-corrected chi connectivity index (χ2v) is 8.18. The van der Waals surface area contributed by atoms with Crippen LogP contribution >= 0.6 is 0 Å². The van der Waals surface area contributed by atoms with Crippen LogP contribution in [0.25, 0.3) is 16.9 Å². The minimum Gasteiger partial charge on any atom is -0.346 e. The molecule has 1 aromatic carbocycles. The molecule has 2 N–H and O–H groups in total. The Kier molecular flexibility index (Phi) is 5.57. The highest BCUT2D eigenvalue weighted by Crippen LogP contribution is 2.22. The first-order chi connectivity index (χ1) is 16.9. The van der Waals surface area contributed by atoms with Crippen molar-refractivity contribution < 1.29 is 9.59 Å². The van der Waals surface area contributed by atoms with Crippen molar-refractivity contribution in [3.8, 4) is 11.3 Å². The van der Waals surface area contributed by atoms with Gasteiger partial charge in [-0.25, -0.2) is 9.50 Å². The Balaban J connectivity index is 1.39. The van der Waals surface area contributed by atoms with Crippen molar-refractivity contribution in [2.75, 3.05) is 5.32 Å². The van der Waals surface area contributed by atoms with Crippen molar-refractivity contribution in [1.29, 1.82) is 0 Å². The summed E-state index contributed by atoms with van der Waals surface area (Å²) in [5.41, 5.74) is 4.98. The van der Waals surface area contributed by atoms with Crippen LogP contribution < -0.4 is 10.6 Å². The van der Waals surface area contributed by atoms with Crippen LogP contribution in [0.15, 0.2) is 61.3 Å². The summed E-state index contributed by atoms with van der Waals surface area (Å²) < 4.78 is 4.70. The summed E-state index contributed by atoms with van der Waals surface area (Å²) in [7, 11) is 3.44. The maximum Gasteiger partial charge on any atom is 0.271 e. The van der Waals surface area contributed by atoms with Crippen molar-refractivity contribution in [2.45, 2.75) is 13.5 Å². The van der Waals surface area contributed by atoms with Gasteiger partial charge >= 0.3 is 0 Å². The van der Waals surface area contributed by atoms with Crippen LogP contribution in [0.4, 0.5) is 5.69 Å². The maximum atomic E-state index is 13.2. The lowest BCUT2D eigenvalue weighted by Gasteiger charge is -2.08. The molecule has 0 aliphatic heterocycles. The molecule has 0 aliphatic rings. The van der Waals surface area contributed by atoms with Gasteiger partial charge in [-0.2, -0.15) is 15.3 Å². The van der Waals surface area contributed by atoms with Gasteiger partial charge in [0.25, 0.3) is 11.8 Å². The van der Waals surface area contributed by atoms with E-state index in [4.69, 9.17) is 0 Å². The number of aromatic nitrogens is 7. The standard InChI is InChI=1S/C24H23N9O2/c1-15-4-6-17(7-5-15)20-8-9-25-22-18(12-29-33(20)22)23(34)30-19-13-28-32(3)21(19)24(35)26-10-16-11-27-31(2)14-16/h4-9,11-14H,10H2,1-3H3,(H,26,35)(H,30,34). The molecule has 0 fully saturated rings. The summed E-state index contributed by atoms with van der Waals surface area (Å²) in [5.74, 6) is -0.813. The predicted molar refractivity (Wildman–Crippen MR) is 129 cm³/mol. The van der Waals surface area contributed by atoms with Crippen molar-refractivity contribution in [3.63, 3.8) is 0 Å². The van der Waals surface area contributed by atoms with E-state index in [0.717, 1.165) is 22.4 Å². The number of carbonyl (C=O) groups excluding carboxylic acids is 2. The van der Waals surface area contributed by atoms with Crippen LogP contribution in [0.1, 0.15) is 32.0 Å². The smallest absolute Gasteiger partial charge is 0.271 e. The summed E-state index contributed by atoms with van der Waals surface area (Å²) in [6.07, 6.45) is 8.04.